The van der Waals surface area contributed by atoms with Crippen LogP contribution in [0.15, 0.2) is 78.9 Å². The molecule has 0 unspecified atom stereocenters. The van der Waals surface area contributed by atoms with Gasteiger partial charge in [0.25, 0.3) is 5.91 Å². The third kappa shape index (κ3) is 3.89. The molecule has 0 aliphatic carbocycles. The molecule has 1 N–H and O–H groups in total. The Balaban J connectivity index is 1.44. The van der Waals surface area contributed by atoms with Gasteiger partial charge in [0.15, 0.2) is 0 Å². The fraction of sp³-hybridized carbons (Fsp3) is 0.269. The predicted octanol–water partition coefficient (Wildman–Crippen LogP) is 5.20. The summed E-state index contributed by atoms with van der Waals surface area (Å²) in [6.07, 6.45) is 1.94. The molecule has 0 spiro atoms. The van der Waals surface area contributed by atoms with Gasteiger partial charge in [0, 0.05) is 37.3 Å². The van der Waals surface area contributed by atoms with Crippen molar-refractivity contribution < 1.29 is 9.53 Å². The van der Waals surface area contributed by atoms with Crippen LogP contribution in [-0.4, -0.2) is 37.1 Å². The monoisotopic (exact) mass is 413 g/mol. The second-order valence-electron chi connectivity index (χ2n) is 8.17. The first kappa shape index (κ1) is 19.6. The maximum atomic E-state index is 13.4. The Bertz CT molecular complexity index is 1050. The van der Waals surface area contributed by atoms with Gasteiger partial charge in [-0.3, -0.25) is 4.79 Å². The largest absolute Gasteiger partial charge is 0.376 e. The Morgan fingerprint density at radius 2 is 1.68 bits per heavy atom. The Morgan fingerprint density at radius 1 is 0.968 bits per heavy atom. The van der Waals surface area contributed by atoms with Crippen LogP contribution in [0.2, 0.25) is 0 Å². The molecule has 1 amide bonds. The minimum Gasteiger partial charge on any atom is -0.376 e. The van der Waals surface area contributed by atoms with E-state index in [1.165, 1.54) is 0 Å². The van der Waals surface area contributed by atoms with Crippen LogP contribution in [0.5, 0.6) is 0 Å². The second kappa shape index (κ2) is 8.44. The van der Waals surface area contributed by atoms with Crippen LogP contribution in [0, 0.1) is 0 Å². The van der Waals surface area contributed by atoms with E-state index in [2.05, 4.69) is 53.7 Å². The third-order valence-corrected chi connectivity index (χ3v) is 6.19. The molecule has 3 aromatic carbocycles. The number of para-hydroxylation sites is 2. The second-order valence-corrected chi connectivity index (χ2v) is 8.17. The zero-order valence-electron chi connectivity index (χ0n) is 17.7. The van der Waals surface area contributed by atoms with Crippen LogP contribution in [-0.2, 0) is 4.74 Å². The molecule has 0 saturated carbocycles. The lowest BCUT2D eigenvalue weighted by molar-refractivity contribution is 0.0427. The third-order valence-electron chi connectivity index (χ3n) is 6.19. The van der Waals surface area contributed by atoms with E-state index in [9.17, 15) is 4.79 Å². The quantitative estimate of drug-likeness (QED) is 0.624. The lowest BCUT2D eigenvalue weighted by atomic mass is 10.0. The van der Waals surface area contributed by atoms with Crippen molar-refractivity contribution in [2.45, 2.75) is 25.1 Å². The average molecular weight is 414 g/mol. The van der Waals surface area contributed by atoms with Crippen molar-refractivity contribution >= 4 is 23.0 Å². The van der Waals surface area contributed by atoms with E-state index in [4.69, 9.17) is 4.74 Å². The molecule has 2 aliphatic heterocycles. The molecule has 158 valence electrons. The number of hydrogen-bond donors (Lipinski definition) is 1. The van der Waals surface area contributed by atoms with Gasteiger partial charge >= 0.3 is 0 Å². The molecule has 5 heteroatoms. The maximum Gasteiger partial charge on any atom is 0.257 e. The minimum absolute atomic E-state index is 0.0559. The van der Waals surface area contributed by atoms with Crippen LogP contribution in [0.25, 0.3) is 0 Å². The Hall–Kier alpha value is -3.31. The van der Waals surface area contributed by atoms with Crippen LogP contribution in [0.1, 0.15) is 34.9 Å². The summed E-state index contributed by atoms with van der Waals surface area (Å²) in [4.78, 5) is 17.5. The van der Waals surface area contributed by atoms with Gasteiger partial charge < -0.3 is 19.9 Å². The first-order chi connectivity index (χ1) is 15.2. The van der Waals surface area contributed by atoms with Crippen LogP contribution < -0.4 is 10.2 Å². The van der Waals surface area contributed by atoms with Crippen LogP contribution >= 0.6 is 0 Å². The molecule has 2 heterocycles. The predicted molar refractivity (Wildman–Crippen MR) is 124 cm³/mol. The number of nitrogens with one attached hydrogen (secondary N) is 1. The summed E-state index contributed by atoms with van der Waals surface area (Å²) < 4.78 is 5.85. The van der Waals surface area contributed by atoms with E-state index in [0.717, 1.165) is 47.6 Å². The number of nitrogens with zero attached hydrogens (tertiary/aromatic N) is 2. The van der Waals surface area contributed by atoms with Crippen molar-refractivity contribution in [1.82, 2.24) is 4.90 Å². The van der Waals surface area contributed by atoms with E-state index >= 15 is 0 Å². The smallest absolute Gasteiger partial charge is 0.257 e. The normalized spacial score (nSPS) is 20.3. The number of fused-ring (bicyclic) bond motifs is 1. The van der Waals surface area contributed by atoms with Gasteiger partial charge in [0.1, 0.15) is 6.17 Å². The molecule has 31 heavy (non-hydrogen) atoms. The first-order valence-electron chi connectivity index (χ1n) is 10.9. The van der Waals surface area contributed by atoms with E-state index < -0.39 is 0 Å². The van der Waals surface area contributed by atoms with Crippen molar-refractivity contribution in [2.24, 2.45) is 0 Å². The number of rotatable bonds is 5. The molecule has 2 atom stereocenters. The number of anilines is 3. The zero-order valence-corrected chi connectivity index (χ0v) is 17.7. The molecule has 3 aromatic rings. The van der Waals surface area contributed by atoms with Crippen LogP contribution in [0.3, 0.4) is 0 Å². The SMILES string of the molecule is CN(c1ccccc1)c1ccc([C@@H]2Nc3ccccc3C(=O)N2C[C@@H]2CCCO2)cc1. The number of hydrogen-bond acceptors (Lipinski definition) is 4. The molecule has 5 nitrogen and oxygen atoms in total. The van der Waals surface area contributed by atoms with Gasteiger partial charge in [0.05, 0.1) is 11.7 Å². The number of benzene rings is 3. The van der Waals surface area contributed by atoms with Gasteiger partial charge in [-0.05, 0) is 54.8 Å². The van der Waals surface area contributed by atoms with Crippen molar-refractivity contribution in [3.8, 4) is 0 Å². The Kier molecular flexibility index (Phi) is 5.35. The minimum atomic E-state index is -0.220. The molecule has 0 bridgehead atoms. The molecule has 2 aliphatic rings. The van der Waals surface area contributed by atoms with Gasteiger partial charge in [-0.2, -0.15) is 0 Å². The van der Waals surface area contributed by atoms with Crippen LogP contribution in [0.4, 0.5) is 17.1 Å². The summed E-state index contributed by atoms with van der Waals surface area (Å²) in [6, 6.07) is 26.5. The van der Waals surface area contributed by atoms with Crippen molar-refractivity contribution in [3.05, 3.63) is 90.0 Å². The van der Waals surface area contributed by atoms with Gasteiger partial charge in [-0.1, -0.05) is 42.5 Å². The Morgan fingerprint density at radius 3 is 2.42 bits per heavy atom. The average Bonchev–Trinajstić information content (AvgIpc) is 3.34. The lowest BCUT2D eigenvalue weighted by Gasteiger charge is -2.39. The molecular formula is C26H27N3O2. The molecule has 1 saturated heterocycles. The highest BCUT2D eigenvalue weighted by Crippen LogP contribution is 2.35. The summed E-state index contributed by atoms with van der Waals surface area (Å²) in [5.74, 6) is 0.0559. The van der Waals surface area contributed by atoms with Gasteiger partial charge in [0.2, 0.25) is 0 Å². The number of carbonyl (C=O) groups is 1. The summed E-state index contributed by atoms with van der Waals surface area (Å²) in [6.45, 7) is 1.37. The highest BCUT2D eigenvalue weighted by molar-refractivity contribution is 6.01. The molecule has 0 aromatic heterocycles. The standard InChI is InChI=1S/C26H27N3O2/c1-28(20-8-3-2-4-9-20)21-15-13-19(14-16-21)25-27-24-12-6-5-11-23(24)26(30)29(25)18-22-10-7-17-31-22/h2-6,8-9,11-16,22,25,27H,7,10,17-18H2,1H3/t22-,25+/m0/s1. The molecular weight excluding hydrogens is 386 g/mol. The Labute approximate surface area is 183 Å². The van der Waals surface area contributed by atoms with Gasteiger partial charge in [-0.15, -0.1) is 0 Å². The fourth-order valence-electron chi connectivity index (χ4n) is 4.43. The van der Waals surface area contributed by atoms with Crippen molar-refractivity contribution in [3.63, 3.8) is 0 Å². The highest BCUT2D eigenvalue weighted by atomic mass is 16.5. The molecule has 0 radical (unpaired) electrons. The summed E-state index contributed by atoms with van der Waals surface area (Å²) in [5.41, 5.74) is 4.90. The van der Waals surface area contributed by atoms with E-state index in [0.29, 0.717) is 6.54 Å². The van der Waals surface area contributed by atoms with Gasteiger partial charge in [-0.25, -0.2) is 0 Å². The van der Waals surface area contributed by atoms with E-state index in [1.807, 2.05) is 47.4 Å². The zero-order chi connectivity index (χ0) is 21.2. The summed E-state index contributed by atoms with van der Waals surface area (Å²) >= 11 is 0. The van der Waals surface area contributed by atoms with Crippen molar-refractivity contribution in [1.29, 1.82) is 0 Å². The molecule has 1 fully saturated rings. The number of carbonyl (C=O) groups excluding carboxylic acids is 1. The summed E-state index contributed by atoms with van der Waals surface area (Å²) in [5, 5.41) is 3.58. The highest BCUT2D eigenvalue weighted by Gasteiger charge is 2.35. The summed E-state index contributed by atoms with van der Waals surface area (Å²) in [7, 11) is 2.06. The number of amides is 1. The fourth-order valence-corrected chi connectivity index (χ4v) is 4.43. The maximum absolute atomic E-state index is 13.4. The molecule has 5 rings (SSSR count). The number of ether oxygens (including phenoxy) is 1. The van der Waals surface area contributed by atoms with E-state index in [1.54, 1.807) is 0 Å². The van der Waals surface area contributed by atoms with Crippen molar-refractivity contribution in [2.75, 3.05) is 30.4 Å². The van der Waals surface area contributed by atoms with E-state index in [-0.39, 0.29) is 18.2 Å². The lowest BCUT2D eigenvalue weighted by Crippen LogP contribution is -2.46. The first-order valence-corrected chi connectivity index (χ1v) is 10.9. The topological polar surface area (TPSA) is 44.8 Å².